The Hall–Kier alpha value is -1.76. The highest BCUT2D eigenvalue weighted by Gasteiger charge is 2.10. The highest BCUT2D eigenvalue weighted by molar-refractivity contribution is 7.80. The van der Waals surface area contributed by atoms with Crippen molar-refractivity contribution in [1.82, 2.24) is 14.9 Å². The van der Waals surface area contributed by atoms with E-state index in [1.165, 1.54) is 12.5 Å². The predicted molar refractivity (Wildman–Crippen MR) is 69.7 cm³/mol. The summed E-state index contributed by atoms with van der Waals surface area (Å²) in [7, 11) is 1.73. The minimum Gasteiger partial charge on any atom is -0.389 e. The lowest BCUT2D eigenvalue weighted by molar-refractivity contribution is -0.127. The third-order valence-electron chi connectivity index (χ3n) is 2.28. The monoisotopic (exact) mass is 253 g/mol. The molecular formula is C10H15N5OS. The Morgan fingerprint density at radius 3 is 2.94 bits per heavy atom. The molecule has 0 aliphatic rings. The molecule has 0 aromatic carbocycles. The molecule has 0 aliphatic carbocycles. The van der Waals surface area contributed by atoms with Gasteiger partial charge in [-0.25, -0.2) is 9.97 Å². The minimum atomic E-state index is -0.0278. The molecule has 0 fully saturated rings. The van der Waals surface area contributed by atoms with Crippen LogP contribution in [0.4, 0.5) is 5.82 Å². The first-order valence-corrected chi connectivity index (χ1v) is 5.54. The van der Waals surface area contributed by atoms with Crippen molar-refractivity contribution in [3.05, 3.63) is 18.1 Å². The first-order valence-electron chi connectivity index (χ1n) is 5.14. The SMILES string of the molecule is CCN(C)C(=O)CNc1ncncc1C(N)=S. The summed E-state index contributed by atoms with van der Waals surface area (Å²) in [6, 6.07) is 0. The Kier molecular flexibility index (Phi) is 4.77. The molecule has 0 aliphatic heterocycles. The van der Waals surface area contributed by atoms with E-state index in [4.69, 9.17) is 18.0 Å². The standard InChI is InChI=1S/C10H15N5OS/c1-3-15(2)8(16)5-13-10-7(9(11)17)4-12-6-14-10/h4,6H,3,5H2,1-2H3,(H2,11,17)(H,12,13,14). The number of amides is 1. The molecule has 0 unspecified atom stereocenters. The second-order valence-corrected chi connectivity index (χ2v) is 3.85. The molecule has 1 heterocycles. The quantitative estimate of drug-likeness (QED) is 0.719. The number of nitrogens with two attached hydrogens (primary N) is 1. The van der Waals surface area contributed by atoms with Gasteiger partial charge in [-0.1, -0.05) is 12.2 Å². The fraction of sp³-hybridized carbons (Fsp3) is 0.400. The van der Waals surface area contributed by atoms with Gasteiger partial charge in [0.2, 0.25) is 5.91 Å². The number of hydrogen-bond acceptors (Lipinski definition) is 5. The van der Waals surface area contributed by atoms with E-state index in [-0.39, 0.29) is 17.4 Å². The maximum Gasteiger partial charge on any atom is 0.241 e. The van der Waals surface area contributed by atoms with E-state index in [9.17, 15) is 4.79 Å². The molecule has 0 saturated heterocycles. The molecule has 0 bridgehead atoms. The molecule has 6 nitrogen and oxygen atoms in total. The third-order valence-corrected chi connectivity index (χ3v) is 2.50. The third kappa shape index (κ3) is 3.63. The minimum absolute atomic E-state index is 0.0278. The van der Waals surface area contributed by atoms with Crippen molar-refractivity contribution in [3.8, 4) is 0 Å². The number of nitrogens with one attached hydrogen (secondary N) is 1. The van der Waals surface area contributed by atoms with Gasteiger partial charge in [-0.2, -0.15) is 0 Å². The Bertz CT molecular complexity index is 423. The second-order valence-electron chi connectivity index (χ2n) is 3.41. The zero-order chi connectivity index (χ0) is 12.8. The van der Waals surface area contributed by atoms with Gasteiger partial charge < -0.3 is 16.0 Å². The van der Waals surface area contributed by atoms with E-state index in [2.05, 4.69) is 15.3 Å². The van der Waals surface area contributed by atoms with E-state index in [1.807, 2.05) is 6.92 Å². The molecule has 1 aromatic rings. The first kappa shape index (κ1) is 13.3. The summed E-state index contributed by atoms with van der Waals surface area (Å²) >= 11 is 4.87. The van der Waals surface area contributed by atoms with Crippen molar-refractivity contribution in [1.29, 1.82) is 0 Å². The fourth-order valence-corrected chi connectivity index (χ4v) is 1.27. The molecule has 0 saturated carbocycles. The van der Waals surface area contributed by atoms with Crippen molar-refractivity contribution in [2.75, 3.05) is 25.5 Å². The Morgan fingerprint density at radius 2 is 2.35 bits per heavy atom. The van der Waals surface area contributed by atoms with E-state index < -0.39 is 0 Å². The van der Waals surface area contributed by atoms with Gasteiger partial charge in [0.25, 0.3) is 0 Å². The van der Waals surface area contributed by atoms with Crippen LogP contribution >= 0.6 is 12.2 Å². The van der Waals surface area contributed by atoms with Gasteiger partial charge in [0, 0.05) is 19.8 Å². The number of hydrogen-bond donors (Lipinski definition) is 2. The van der Waals surface area contributed by atoms with Crippen LogP contribution < -0.4 is 11.1 Å². The van der Waals surface area contributed by atoms with Gasteiger partial charge in [0.1, 0.15) is 17.1 Å². The van der Waals surface area contributed by atoms with E-state index >= 15 is 0 Å². The topological polar surface area (TPSA) is 84.1 Å². The van der Waals surface area contributed by atoms with Gasteiger partial charge in [0.05, 0.1) is 12.1 Å². The van der Waals surface area contributed by atoms with E-state index in [1.54, 1.807) is 11.9 Å². The number of carbonyl (C=O) groups is 1. The Balaban J connectivity index is 2.69. The van der Waals surface area contributed by atoms with Gasteiger partial charge in [-0.3, -0.25) is 4.79 Å². The Labute approximate surface area is 105 Å². The van der Waals surface area contributed by atoms with Crippen molar-refractivity contribution in [2.45, 2.75) is 6.92 Å². The second kappa shape index (κ2) is 6.09. The van der Waals surface area contributed by atoms with Crippen molar-refractivity contribution in [3.63, 3.8) is 0 Å². The van der Waals surface area contributed by atoms with Crippen LogP contribution in [-0.2, 0) is 4.79 Å². The molecule has 1 aromatic heterocycles. The zero-order valence-electron chi connectivity index (χ0n) is 9.80. The van der Waals surface area contributed by atoms with Gasteiger partial charge in [-0.05, 0) is 6.92 Å². The van der Waals surface area contributed by atoms with E-state index in [0.717, 1.165) is 0 Å². The lowest BCUT2D eigenvalue weighted by atomic mass is 10.3. The molecule has 3 N–H and O–H groups in total. The molecule has 0 atom stereocenters. The molecule has 92 valence electrons. The average molecular weight is 253 g/mol. The molecular weight excluding hydrogens is 238 g/mol. The summed E-state index contributed by atoms with van der Waals surface area (Å²) in [5.41, 5.74) is 6.06. The Morgan fingerprint density at radius 1 is 1.65 bits per heavy atom. The van der Waals surface area contributed by atoms with Crippen LogP contribution in [0, 0.1) is 0 Å². The van der Waals surface area contributed by atoms with Crippen molar-refractivity contribution < 1.29 is 4.79 Å². The molecule has 17 heavy (non-hydrogen) atoms. The number of thiocarbonyl (C=S) groups is 1. The summed E-state index contributed by atoms with van der Waals surface area (Å²) in [5.74, 6) is 0.449. The number of carbonyl (C=O) groups excluding carboxylic acids is 1. The van der Waals surface area contributed by atoms with Crippen molar-refractivity contribution >= 4 is 28.9 Å². The lowest BCUT2D eigenvalue weighted by Crippen LogP contribution is -2.32. The number of anilines is 1. The summed E-state index contributed by atoms with van der Waals surface area (Å²) in [6.07, 6.45) is 2.89. The lowest BCUT2D eigenvalue weighted by Gasteiger charge is -2.15. The normalized spacial score (nSPS) is 9.76. The molecule has 0 spiro atoms. The fourth-order valence-electron chi connectivity index (χ4n) is 1.12. The van der Waals surface area contributed by atoms with Crippen LogP contribution in [0.1, 0.15) is 12.5 Å². The zero-order valence-corrected chi connectivity index (χ0v) is 10.6. The van der Waals surface area contributed by atoms with Crippen LogP contribution in [-0.4, -0.2) is 45.9 Å². The molecule has 7 heteroatoms. The van der Waals surface area contributed by atoms with Gasteiger partial charge in [0.15, 0.2) is 0 Å². The smallest absolute Gasteiger partial charge is 0.241 e. The number of rotatable bonds is 5. The van der Waals surface area contributed by atoms with E-state index in [0.29, 0.717) is 17.9 Å². The highest BCUT2D eigenvalue weighted by Crippen LogP contribution is 2.09. The summed E-state index contributed by atoms with van der Waals surface area (Å²) < 4.78 is 0. The maximum atomic E-state index is 11.6. The first-order chi connectivity index (χ1) is 8.06. The largest absolute Gasteiger partial charge is 0.389 e. The molecule has 0 radical (unpaired) electrons. The molecule has 1 amide bonds. The number of aromatic nitrogens is 2. The van der Waals surface area contributed by atoms with Gasteiger partial charge in [-0.15, -0.1) is 0 Å². The summed E-state index contributed by atoms with van der Waals surface area (Å²) in [6.45, 7) is 2.71. The predicted octanol–water partition coefficient (Wildman–Crippen LogP) is 0.00100. The highest BCUT2D eigenvalue weighted by atomic mass is 32.1. The summed E-state index contributed by atoms with van der Waals surface area (Å²) in [4.78, 5) is 21.2. The van der Waals surface area contributed by atoms with Crippen molar-refractivity contribution in [2.24, 2.45) is 5.73 Å². The molecule has 1 rings (SSSR count). The van der Waals surface area contributed by atoms with Crippen LogP contribution in [0.5, 0.6) is 0 Å². The maximum absolute atomic E-state index is 11.6. The van der Waals surface area contributed by atoms with Crippen LogP contribution in [0.2, 0.25) is 0 Å². The van der Waals surface area contributed by atoms with Crippen LogP contribution in [0.3, 0.4) is 0 Å². The van der Waals surface area contributed by atoms with Gasteiger partial charge >= 0.3 is 0 Å². The summed E-state index contributed by atoms with van der Waals surface area (Å²) in [5, 5.41) is 2.90. The average Bonchev–Trinajstić information content (AvgIpc) is 2.35. The number of nitrogens with zero attached hydrogens (tertiary/aromatic N) is 3. The van der Waals surface area contributed by atoms with Crippen LogP contribution in [0.25, 0.3) is 0 Å². The van der Waals surface area contributed by atoms with Crippen LogP contribution in [0.15, 0.2) is 12.5 Å². The number of likely N-dealkylation sites (N-methyl/N-ethyl adjacent to an activating group) is 1.